The van der Waals surface area contributed by atoms with Crippen molar-refractivity contribution in [2.24, 2.45) is 5.92 Å². The van der Waals surface area contributed by atoms with Crippen LogP contribution < -0.4 is 10.6 Å². The molecule has 3 N–H and O–H groups in total. The fourth-order valence-electron chi connectivity index (χ4n) is 3.64. The quantitative estimate of drug-likeness (QED) is 0.625. The second kappa shape index (κ2) is 6.29. The number of aromatic amines is 1. The Hall–Kier alpha value is -2.59. The van der Waals surface area contributed by atoms with E-state index in [4.69, 9.17) is 0 Å². The Bertz CT molecular complexity index is 939. The molecule has 1 amide bonds. The first-order chi connectivity index (χ1) is 12.8. The van der Waals surface area contributed by atoms with Crippen molar-refractivity contribution in [2.45, 2.75) is 31.2 Å². The molecule has 1 heterocycles. The minimum atomic E-state index is -0.0679. The third-order valence-corrected chi connectivity index (χ3v) is 5.57. The molecule has 2 saturated carbocycles. The number of carbonyl (C=O) groups is 1. The highest BCUT2D eigenvalue weighted by Gasteiger charge is 2.38. The maximum absolute atomic E-state index is 12.5. The van der Waals surface area contributed by atoms with Gasteiger partial charge in [-0.1, -0.05) is 18.2 Å². The maximum atomic E-state index is 12.5. The maximum Gasteiger partial charge on any atom is 0.255 e. The number of aromatic nitrogens is 1. The molecule has 2 unspecified atom stereocenters. The molecule has 0 spiro atoms. The van der Waals surface area contributed by atoms with Crippen LogP contribution in [0, 0.1) is 5.92 Å². The van der Waals surface area contributed by atoms with Gasteiger partial charge < -0.3 is 15.6 Å². The molecule has 0 aliphatic heterocycles. The van der Waals surface area contributed by atoms with E-state index in [9.17, 15) is 4.79 Å². The largest absolute Gasteiger partial charge is 0.361 e. The van der Waals surface area contributed by atoms with Crippen LogP contribution in [0.2, 0.25) is 0 Å². The van der Waals surface area contributed by atoms with Gasteiger partial charge in [0.1, 0.15) is 0 Å². The Morgan fingerprint density at radius 3 is 2.73 bits per heavy atom. The van der Waals surface area contributed by atoms with Crippen LogP contribution in [-0.4, -0.2) is 23.5 Å². The summed E-state index contributed by atoms with van der Waals surface area (Å²) in [4.78, 5) is 15.7. The molecule has 4 heteroatoms. The Kier molecular flexibility index (Phi) is 3.79. The molecule has 4 nitrogen and oxygen atoms in total. The molecule has 5 rings (SSSR count). The summed E-state index contributed by atoms with van der Waals surface area (Å²) in [7, 11) is 0. The van der Waals surface area contributed by atoms with Crippen molar-refractivity contribution in [1.29, 1.82) is 0 Å². The zero-order valence-corrected chi connectivity index (χ0v) is 14.7. The molecule has 3 aromatic rings. The number of hydrogen-bond acceptors (Lipinski definition) is 2. The van der Waals surface area contributed by atoms with Crippen molar-refractivity contribution in [1.82, 2.24) is 10.3 Å². The van der Waals surface area contributed by atoms with Crippen molar-refractivity contribution in [3.63, 3.8) is 0 Å². The average Bonchev–Trinajstić information content (AvgIpc) is 3.57. The lowest BCUT2D eigenvalue weighted by atomic mass is 10.1. The van der Waals surface area contributed by atoms with Crippen molar-refractivity contribution in [2.75, 3.05) is 11.9 Å². The molecule has 0 saturated heterocycles. The van der Waals surface area contributed by atoms with E-state index < -0.39 is 0 Å². The van der Waals surface area contributed by atoms with E-state index in [0.717, 1.165) is 22.5 Å². The van der Waals surface area contributed by atoms with E-state index in [2.05, 4.69) is 27.8 Å². The number of amides is 1. The zero-order chi connectivity index (χ0) is 17.5. The Morgan fingerprint density at radius 1 is 1.08 bits per heavy atom. The van der Waals surface area contributed by atoms with Crippen LogP contribution in [0.5, 0.6) is 0 Å². The zero-order valence-electron chi connectivity index (χ0n) is 14.7. The molecule has 2 atom stereocenters. The second-order valence-electron chi connectivity index (χ2n) is 7.66. The first-order valence-corrected chi connectivity index (χ1v) is 9.48. The van der Waals surface area contributed by atoms with Crippen LogP contribution in [-0.2, 0) is 0 Å². The summed E-state index contributed by atoms with van der Waals surface area (Å²) in [6, 6.07) is 16.6. The van der Waals surface area contributed by atoms with Crippen LogP contribution in [0.25, 0.3) is 10.9 Å². The topological polar surface area (TPSA) is 56.9 Å². The van der Waals surface area contributed by atoms with Gasteiger partial charge in [-0.15, -0.1) is 0 Å². The third-order valence-electron chi connectivity index (χ3n) is 5.57. The number of anilines is 1. The highest BCUT2D eigenvalue weighted by atomic mass is 16.1. The normalized spacial score (nSPS) is 21.7. The van der Waals surface area contributed by atoms with Gasteiger partial charge in [-0.05, 0) is 73.0 Å². The molecule has 2 aliphatic carbocycles. The Morgan fingerprint density at radius 2 is 1.92 bits per heavy atom. The summed E-state index contributed by atoms with van der Waals surface area (Å²) in [5.41, 5.74) is 3.86. The molecular formula is C22H23N3O. The Labute approximate surface area is 153 Å². The van der Waals surface area contributed by atoms with E-state index in [-0.39, 0.29) is 5.91 Å². The van der Waals surface area contributed by atoms with Gasteiger partial charge >= 0.3 is 0 Å². The van der Waals surface area contributed by atoms with Crippen LogP contribution in [0.3, 0.4) is 0 Å². The molecule has 26 heavy (non-hydrogen) atoms. The van der Waals surface area contributed by atoms with Gasteiger partial charge in [0.05, 0.1) is 0 Å². The van der Waals surface area contributed by atoms with Crippen molar-refractivity contribution < 1.29 is 4.79 Å². The fraction of sp³-hybridized carbons (Fsp3) is 0.318. The Balaban J connectivity index is 1.21. The van der Waals surface area contributed by atoms with Crippen LogP contribution in [0.1, 0.15) is 41.1 Å². The first-order valence-electron chi connectivity index (χ1n) is 9.48. The summed E-state index contributed by atoms with van der Waals surface area (Å²) in [5.74, 6) is 1.47. The summed E-state index contributed by atoms with van der Waals surface area (Å²) < 4.78 is 0. The molecule has 0 radical (unpaired) electrons. The second-order valence-corrected chi connectivity index (χ2v) is 7.66. The fourth-order valence-corrected chi connectivity index (χ4v) is 3.64. The minimum absolute atomic E-state index is 0.0679. The predicted octanol–water partition coefficient (Wildman–Crippen LogP) is 4.28. The summed E-state index contributed by atoms with van der Waals surface area (Å²) in [5, 5.41) is 7.79. The highest BCUT2D eigenvalue weighted by Crippen LogP contribution is 2.41. The SMILES string of the molecule is O=C(Nc1ccc2cc[nH]c2c1)c1ccc(C2CC2NCC2CC2)cc1. The standard InChI is InChI=1S/C22H23N3O/c26-22(25-18-8-7-16-9-10-23-20(16)11-18)17-5-3-15(4-6-17)19-12-21(19)24-13-14-1-2-14/h3-11,14,19,21,23-24H,1-2,12-13H2,(H,25,26). The van der Waals surface area contributed by atoms with E-state index in [1.807, 2.05) is 42.6 Å². The van der Waals surface area contributed by atoms with E-state index in [0.29, 0.717) is 17.5 Å². The number of benzene rings is 2. The van der Waals surface area contributed by atoms with Gasteiger partial charge in [-0.25, -0.2) is 0 Å². The lowest BCUT2D eigenvalue weighted by molar-refractivity contribution is 0.102. The summed E-state index contributed by atoms with van der Waals surface area (Å²) in [6.45, 7) is 1.17. The van der Waals surface area contributed by atoms with Gasteiger partial charge in [0.2, 0.25) is 0 Å². The minimum Gasteiger partial charge on any atom is -0.361 e. The van der Waals surface area contributed by atoms with Crippen LogP contribution >= 0.6 is 0 Å². The smallest absolute Gasteiger partial charge is 0.255 e. The molecule has 132 valence electrons. The lowest BCUT2D eigenvalue weighted by Crippen LogP contribution is -2.20. The summed E-state index contributed by atoms with van der Waals surface area (Å²) in [6.07, 6.45) is 5.91. The number of H-pyrrole nitrogens is 1. The van der Waals surface area contributed by atoms with Crippen LogP contribution in [0.4, 0.5) is 5.69 Å². The van der Waals surface area contributed by atoms with Crippen LogP contribution in [0.15, 0.2) is 54.7 Å². The first kappa shape index (κ1) is 15.6. The van der Waals surface area contributed by atoms with Crippen molar-refractivity contribution in [3.05, 3.63) is 65.9 Å². The molecule has 1 aromatic heterocycles. The van der Waals surface area contributed by atoms with Gasteiger partial charge in [0.15, 0.2) is 0 Å². The molecule has 2 fully saturated rings. The average molecular weight is 345 g/mol. The van der Waals surface area contributed by atoms with E-state index >= 15 is 0 Å². The monoisotopic (exact) mass is 345 g/mol. The van der Waals surface area contributed by atoms with Crippen molar-refractivity contribution >= 4 is 22.5 Å². The third kappa shape index (κ3) is 3.25. The predicted molar refractivity (Wildman–Crippen MR) is 105 cm³/mol. The number of nitrogens with one attached hydrogen (secondary N) is 3. The lowest BCUT2D eigenvalue weighted by Gasteiger charge is -2.07. The number of carbonyl (C=O) groups excluding carboxylic acids is 1. The van der Waals surface area contributed by atoms with Gasteiger partial charge in [-0.3, -0.25) is 4.79 Å². The number of fused-ring (bicyclic) bond motifs is 1. The van der Waals surface area contributed by atoms with E-state index in [1.54, 1.807) is 0 Å². The number of rotatable bonds is 6. The number of hydrogen-bond donors (Lipinski definition) is 3. The highest BCUT2D eigenvalue weighted by molar-refractivity contribution is 6.05. The summed E-state index contributed by atoms with van der Waals surface area (Å²) >= 11 is 0. The van der Waals surface area contributed by atoms with Gasteiger partial charge in [0, 0.05) is 34.9 Å². The molecular weight excluding hydrogens is 322 g/mol. The van der Waals surface area contributed by atoms with Crippen molar-refractivity contribution in [3.8, 4) is 0 Å². The molecule has 2 aromatic carbocycles. The van der Waals surface area contributed by atoms with Gasteiger partial charge in [0.25, 0.3) is 5.91 Å². The molecule has 2 aliphatic rings. The van der Waals surface area contributed by atoms with Gasteiger partial charge in [-0.2, -0.15) is 0 Å². The van der Waals surface area contributed by atoms with E-state index in [1.165, 1.54) is 31.4 Å². The molecule has 0 bridgehead atoms.